The number of benzene rings is 1. The Bertz CT molecular complexity index is 495. The Morgan fingerprint density at radius 3 is 2.35 bits per heavy atom. The highest BCUT2D eigenvalue weighted by Gasteiger charge is 2.08. The first-order valence-corrected chi connectivity index (χ1v) is 5.97. The summed E-state index contributed by atoms with van der Waals surface area (Å²) in [6.45, 7) is 6.87. The van der Waals surface area contributed by atoms with Crippen LogP contribution in [0.2, 0.25) is 0 Å². The third-order valence-electron chi connectivity index (χ3n) is 2.98. The molecule has 0 atom stereocenters. The van der Waals surface area contributed by atoms with Gasteiger partial charge in [0.1, 0.15) is 5.82 Å². The third kappa shape index (κ3) is 2.39. The Morgan fingerprint density at radius 1 is 1.24 bits per heavy atom. The van der Waals surface area contributed by atoms with Crippen molar-refractivity contribution in [3.05, 3.63) is 41.3 Å². The molecule has 0 radical (unpaired) electrons. The molecule has 1 heterocycles. The topological polar surface area (TPSA) is 54.7 Å². The van der Waals surface area contributed by atoms with Crippen molar-refractivity contribution in [3.63, 3.8) is 0 Å². The average Bonchev–Trinajstić information content (AvgIpc) is 2.71. The van der Waals surface area contributed by atoms with Crippen LogP contribution >= 0.6 is 0 Å². The SMILES string of the molecule is Cc1[nH]c(CN)nc1-c1ccc(C(C)C)cc1. The number of rotatable bonds is 3. The van der Waals surface area contributed by atoms with Gasteiger partial charge in [-0.1, -0.05) is 38.1 Å². The molecule has 1 aromatic heterocycles. The van der Waals surface area contributed by atoms with Crippen molar-refractivity contribution >= 4 is 0 Å². The van der Waals surface area contributed by atoms with Crippen LogP contribution in [0.1, 0.15) is 36.8 Å². The number of aromatic nitrogens is 2. The standard InChI is InChI=1S/C14H19N3/c1-9(2)11-4-6-12(7-5-11)14-10(3)16-13(8-15)17-14/h4-7,9H,8,15H2,1-3H3,(H,16,17). The lowest BCUT2D eigenvalue weighted by Crippen LogP contribution is -1.97. The second kappa shape index (κ2) is 4.72. The Labute approximate surface area is 102 Å². The molecule has 17 heavy (non-hydrogen) atoms. The molecule has 0 unspecified atom stereocenters. The van der Waals surface area contributed by atoms with E-state index < -0.39 is 0 Å². The van der Waals surface area contributed by atoms with Gasteiger partial charge in [0.25, 0.3) is 0 Å². The molecular formula is C14H19N3. The van der Waals surface area contributed by atoms with Gasteiger partial charge >= 0.3 is 0 Å². The van der Waals surface area contributed by atoms with Gasteiger partial charge in [-0.2, -0.15) is 0 Å². The van der Waals surface area contributed by atoms with E-state index in [1.54, 1.807) is 0 Å². The molecule has 0 aliphatic carbocycles. The number of aryl methyl sites for hydroxylation is 1. The summed E-state index contributed by atoms with van der Waals surface area (Å²) in [4.78, 5) is 7.69. The lowest BCUT2D eigenvalue weighted by Gasteiger charge is -2.06. The number of nitrogens with zero attached hydrogens (tertiary/aromatic N) is 1. The molecular weight excluding hydrogens is 210 g/mol. The number of imidazole rings is 1. The molecule has 3 heteroatoms. The summed E-state index contributed by atoms with van der Waals surface area (Å²) in [6, 6.07) is 8.57. The highest BCUT2D eigenvalue weighted by Crippen LogP contribution is 2.23. The number of hydrogen-bond donors (Lipinski definition) is 2. The second-order valence-electron chi connectivity index (χ2n) is 4.64. The Kier molecular flexibility index (Phi) is 3.29. The highest BCUT2D eigenvalue weighted by molar-refractivity contribution is 5.62. The molecule has 0 saturated carbocycles. The summed E-state index contributed by atoms with van der Waals surface area (Å²) >= 11 is 0. The first kappa shape index (κ1) is 11.9. The Morgan fingerprint density at radius 2 is 1.88 bits per heavy atom. The molecule has 0 fully saturated rings. The zero-order chi connectivity index (χ0) is 12.4. The number of hydrogen-bond acceptors (Lipinski definition) is 2. The van der Waals surface area contributed by atoms with E-state index in [1.807, 2.05) is 6.92 Å². The zero-order valence-corrected chi connectivity index (χ0v) is 10.6. The number of aromatic amines is 1. The zero-order valence-electron chi connectivity index (χ0n) is 10.6. The monoisotopic (exact) mass is 229 g/mol. The van der Waals surface area contributed by atoms with Gasteiger partial charge in [-0.15, -0.1) is 0 Å². The van der Waals surface area contributed by atoms with E-state index in [0.29, 0.717) is 12.5 Å². The van der Waals surface area contributed by atoms with Crippen molar-refractivity contribution in [2.24, 2.45) is 5.73 Å². The maximum atomic E-state index is 5.58. The van der Waals surface area contributed by atoms with Crippen LogP contribution in [0.5, 0.6) is 0 Å². The van der Waals surface area contributed by atoms with E-state index in [9.17, 15) is 0 Å². The summed E-state index contributed by atoms with van der Waals surface area (Å²) in [5.41, 5.74) is 10.1. The van der Waals surface area contributed by atoms with Gasteiger partial charge in [0, 0.05) is 11.3 Å². The first-order valence-electron chi connectivity index (χ1n) is 5.97. The largest absolute Gasteiger partial charge is 0.344 e. The van der Waals surface area contributed by atoms with Gasteiger partial charge in [0.2, 0.25) is 0 Å². The van der Waals surface area contributed by atoms with E-state index in [1.165, 1.54) is 5.56 Å². The Balaban J connectivity index is 2.36. The summed E-state index contributed by atoms with van der Waals surface area (Å²) in [7, 11) is 0. The molecule has 3 nitrogen and oxygen atoms in total. The normalized spacial score (nSPS) is 11.1. The summed E-state index contributed by atoms with van der Waals surface area (Å²) in [6.07, 6.45) is 0. The van der Waals surface area contributed by atoms with Crippen molar-refractivity contribution in [2.45, 2.75) is 33.2 Å². The van der Waals surface area contributed by atoms with E-state index in [4.69, 9.17) is 5.73 Å². The predicted molar refractivity (Wildman–Crippen MR) is 70.7 cm³/mol. The van der Waals surface area contributed by atoms with E-state index >= 15 is 0 Å². The minimum atomic E-state index is 0.449. The smallest absolute Gasteiger partial charge is 0.120 e. The fourth-order valence-corrected chi connectivity index (χ4v) is 1.93. The second-order valence-corrected chi connectivity index (χ2v) is 4.64. The maximum absolute atomic E-state index is 5.58. The van der Waals surface area contributed by atoms with Crippen LogP contribution in [0.15, 0.2) is 24.3 Å². The quantitative estimate of drug-likeness (QED) is 0.850. The van der Waals surface area contributed by atoms with Crippen molar-refractivity contribution in [2.75, 3.05) is 0 Å². The van der Waals surface area contributed by atoms with Gasteiger partial charge in [-0.25, -0.2) is 4.98 Å². The highest BCUT2D eigenvalue weighted by atomic mass is 15.0. The fourth-order valence-electron chi connectivity index (χ4n) is 1.93. The maximum Gasteiger partial charge on any atom is 0.120 e. The summed E-state index contributed by atoms with van der Waals surface area (Å²) in [5, 5.41) is 0. The third-order valence-corrected chi connectivity index (χ3v) is 2.98. The average molecular weight is 229 g/mol. The molecule has 0 aliphatic rings. The number of nitrogens with two attached hydrogens (primary N) is 1. The van der Waals surface area contributed by atoms with Crippen molar-refractivity contribution in [1.29, 1.82) is 0 Å². The molecule has 0 spiro atoms. The van der Waals surface area contributed by atoms with E-state index in [-0.39, 0.29) is 0 Å². The van der Waals surface area contributed by atoms with Crippen LogP contribution in [0.25, 0.3) is 11.3 Å². The molecule has 0 aliphatic heterocycles. The Hall–Kier alpha value is -1.61. The van der Waals surface area contributed by atoms with Gasteiger partial charge in [-0.3, -0.25) is 0 Å². The van der Waals surface area contributed by atoms with Gasteiger partial charge < -0.3 is 10.7 Å². The number of nitrogens with one attached hydrogen (secondary N) is 1. The summed E-state index contributed by atoms with van der Waals surface area (Å²) < 4.78 is 0. The van der Waals surface area contributed by atoms with Crippen LogP contribution < -0.4 is 5.73 Å². The lowest BCUT2D eigenvalue weighted by molar-refractivity contribution is 0.867. The predicted octanol–water partition coefficient (Wildman–Crippen LogP) is 2.97. The van der Waals surface area contributed by atoms with Crippen molar-refractivity contribution in [1.82, 2.24) is 9.97 Å². The fraction of sp³-hybridized carbons (Fsp3) is 0.357. The van der Waals surface area contributed by atoms with Crippen molar-refractivity contribution in [3.8, 4) is 11.3 Å². The summed E-state index contributed by atoms with van der Waals surface area (Å²) in [5.74, 6) is 1.40. The van der Waals surface area contributed by atoms with E-state index in [0.717, 1.165) is 22.8 Å². The minimum Gasteiger partial charge on any atom is -0.344 e. The van der Waals surface area contributed by atoms with Gasteiger partial charge in [0.05, 0.1) is 12.2 Å². The van der Waals surface area contributed by atoms with Crippen LogP contribution in [-0.4, -0.2) is 9.97 Å². The molecule has 3 N–H and O–H groups in total. The lowest BCUT2D eigenvalue weighted by atomic mass is 10.0. The van der Waals surface area contributed by atoms with Crippen LogP contribution in [0.4, 0.5) is 0 Å². The molecule has 1 aromatic carbocycles. The molecule has 0 bridgehead atoms. The molecule has 2 aromatic rings. The molecule has 2 rings (SSSR count). The number of H-pyrrole nitrogens is 1. The van der Waals surface area contributed by atoms with Crippen LogP contribution in [0, 0.1) is 6.92 Å². The first-order chi connectivity index (χ1) is 8.11. The van der Waals surface area contributed by atoms with Crippen LogP contribution in [-0.2, 0) is 6.54 Å². The van der Waals surface area contributed by atoms with Gasteiger partial charge in [-0.05, 0) is 18.4 Å². The van der Waals surface area contributed by atoms with E-state index in [2.05, 4.69) is 48.1 Å². The van der Waals surface area contributed by atoms with Crippen LogP contribution in [0.3, 0.4) is 0 Å². The minimum absolute atomic E-state index is 0.449. The van der Waals surface area contributed by atoms with Gasteiger partial charge in [0.15, 0.2) is 0 Å². The molecule has 0 saturated heterocycles. The van der Waals surface area contributed by atoms with Crippen molar-refractivity contribution < 1.29 is 0 Å². The molecule has 0 amide bonds. The molecule has 90 valence electrons.